The zero-order chi connectivity index (χ0) is 21.6. The van der Waals surface area contributed by atoms with Gasteiger partial charge in [-0.3, -0.25) is 4.90 Å². The van der Waals surface area contributed by atoms with Gasteiger partial charge < -0.3 is 9.47 Å². The van der Waals surface area contributed by atoms with Crippen molar-refractivity contribution in [2.45, 2.75) is 32.4 Å². The molecule has 0 radical (unpaired) electrons. The molecular weight excluding hydrogens is 393 g/mol. The standard InChI is InChI=1S/C25H30FN3O2/c1-19-3-9-23(10-4-19)29-18-21(25(27-29)20-5-7-22(26)8-6-20)17-28-13-11-24(12-14-28)31-16-15-30-2/h3-10,18,24H,11-17H2,1-2H3. The fourth-order valence-electron chi connectivity index (χ4n) is 3.98. The van der Waals surface area contributed by atoms with Crippen LogP contribution in [-0.4, -0.2) is 54.2 Å². The van der Waals surface area contributed by atoms with Gasteiger partial charge in [-0.15, -0.1) is 0 Å². The van der Waals surface area contributed by atoms with E-state index in [-0.39, 0.29) is 5.82 Å². The van der Waals surface area contributed by atoms with Crippen molar-refractivity contribution >= 4 is 0 Å². The molecule has 0 N–H and O–H groups in total. The molecule has 0 atom stereocenters. The van der Waals surface area contributed by atoms with E-state index in [1.165, 1.54) is 17.7 Å². The van der Waals surface area contributed by atoms with Crippen LogP contribution in [0.5, 0.6) is 0 Å². The highest BCUT2D eigenvalue weighted by Crippen LogP contribution is 2.27. The van der Waals surface area contributed by atoms with E-state index < -0.39 is 0 Å². The Hall–Kier alpha value is -2.54. The number of halogens is 1. The van der Waals surface area contributed by atoms with Gasteiger partial charge in [-0.05, 0) is 56.2 Å². The van der Waals surface area contributed by atoms with Crippen LogP contribution in [0.15, 0.2) is 54.7 Å². The zero-order valence-corrected chi connectivity index (χ0v) is 18.3. The average molecular weight is 424 g/mol. The van der Waals surface area contributed by atoms with E-state index in [9.17, 15) is 4.39 Å². The third kappa shape index (κ3) is 5.58. The maximum absolute atomic E-state index is 13.5. The summed E-state index contributed by atoms with van der Waals surface area (Å²) in [4.78, 5) is 2.44. The van der Waals surface area contributed by atoms with Crippen molar-refractivity contribution in [1.82, 2.24) is 14.7 Å². The molecule has 2 aromatic carbocycles. The van der Waals surface area contributed by atoms with Crippen molar-refractivity contribution in [3.63, 3.8) is 0 Å². The quantitative estimate of drug-likeness (QED) is 0.496. The van der Waals surface area contributed by atoms with Gasteiger partial charge in [-0.25, -0.2) is 9.07 Å². The van der Waals surface area contributed by atoms with E-state index in [1.807, 2.05) is 4.68 Å². The largest absolute Gasteiger partial charge is 0.382 e. The molecule has 0 saturated carbocycles. The van der Waals surface area contributed by atoms with E-state index in [2.05, 4.69) is 42.3 Å². The van der Waals surface area contributed by atoms with E-state index in [0.717, 1.165) is 55.0 Å². The summed E-state index contributed by atoms with van der Waals surface area (Å²) in [6.45, 7) is 6.14. The summed E-state index contributed by atoms with van der Waals surface area (Å²) in [6.07, 6.45) is 4.44. The van der Waals surface area contributed by atoms with Gasteiger partial charge >= 0.3 is 0 Å². The molecule has 1 aromatic heterocycles. The number of piperidine rings is 1. The lowest BCUT2D eigenvalue weighted by molar-refractivity contribution is -0.0157. The Morgan fingerprint density at radius 3 is 2.39 bits per heavy atom. The van der Waals surface area contributed by atoms with Crippen LogP contribution < -0.4 is 0 Å². The second-order valence-corrected chi connectivity index (χ2v) is 8.13. The Kier molecular flexibility index (Phi) is 7.12. The SMILES string of the molecule is COCCOC1CCN(Cc2cn(-c3ccc(C)cc3)nc2-c2ccc(F)cc2)CC1. The van der Waals surface area contributed by atoms with E-state index >= 15 is 0 Å². The van der Waals surface area contributed by atoms with Crippen LogP contribution in [0.4, 0.5) is 4.39 Å². The molecule has 0 unspecified atom stereocenters. The molecule has 1 aliphatic rings. The van der Waals surface area contributed by atoms with Gasteiger partial charge in [0.2, 0.25) is 0 Å². The van der Waals surface area contributed by atoms with Crippen LogP contribution in [0.3, 0.4) is 0 Å². The van der Waals surface area contributed by atoms with E-state index in [1.54, 1.807) is 19.2 Å². The maximum Gasteiger partial charge on any atom is 0.123 e. The number of likely N-dealkylation sites (tertiary alicyclic amines) is 1. The van der Waals surface area contributed by atoms with Crippen LogP contribution in [0.25, 0.3) is 16.9 Å². The van der Waals surface area contributed by atoms with Crippen LogP contribution in [0, 0.1) is 12.7 Å². The molecule has 5 nitrogen and oxygen atoms in total. The zero-order valence-electron chi connectivity index (χ0n) is 18.3. The number of ether oxygens (including phenoxy) is 2. The Bertz CT molecular complexity index is 961. The summed E-state index contributed by atoms with van der Waals surface area (Å²) >= 11 is 0. The lowest BCUT2D eigenvalue weighted by Crippen LogP contribution is -2.37. The molecular formula is C25H30FN3O2. The number of hydrogen-bond acceptors (Lipinski definition) is 4. The molecule has 4 rings (SSSR count). The molecule has 0 spiro atoms. The third-order valence-electron chi connectivity index (χ3n) is 5.78. The second-order valence-electron chi connectivity index (χ2n) is 8.13. The highest BCUT2D eigenvalue weighted by Gasteiger charge is 2.22. The summed E-state index contributed by atoms with van der Waals surface area (Å²) in [6, 6.07) is 14.9. The normalized spacial score (nSPS) is 15.5. The van der Waals surface area contributed by atoms with Gasteiger partial charge in [0, 0.05) is 44.1 Å². The summed E-state index contributed by atoms with van der Waals surface area (Å²) in [5.41, 5.74) is 5.21. The Balaban J connectivity index is 1.52. The van der Waals surface area contributed by atoms with E-state index in [0.29, 0.717) is 19.3 Å². The molecule has 1 fully saturated rings. The summed E-state index contributed by atoms with van der Waals surface area (Å²) in [5, 5.41) is 4.87. The molecule has 1 aliphatic heterocycles. The number of benzene rings is 2. The first-order valence-corrected chi connectivity index (χ1v) is 10.9. The van der Waals surface area contributed by atoms with Crippen molar-refractivity contribution < 1.29 is 13.9 Å². The predicted octanol–water partition coefficient (Wildman–Crippen LogP) is 4.61. The van der Waals surface area contributed by atoms with Crippen molar-refractivity contribution in [1.29, 1.82) is 0 Å². The third-order valence-corrected chi connectivity index (χ3v) is 5.78. The minimum atomic E-state index is -0.237. The highest BCUT2D eigenvalue weighted by atomic mass is 19.1. The number of nitrogens with zero attached hydrogens (tertiary/aromatic N) is 3. The molecule has 0 bridgehead atoms. The van der Waals surface area contributed by atoms with Gasteiger partial charge in [-0.2, -0.15) is 5.10 Å². The number of methoxy groups -OCH3 is 1. The molecule has 3 aromatic rings. The van der Waals surface area contributed by atoms with Gasteiger partial charge in [0.25, 0.3) is 0 Å². The highest BCUT2D eigenvalue weighted by molar-refractivity contribution is 5.63. The lowest BCUT2D eigenvalue weighted by atomic mass is 10.0. The van der Waals surface area contributed by atoms with Gasteiger partial charge in [-0.1, -0.05) is 17.7 Å². The number of aromatic nitrogens is 2. The van der Waals surface area contributed by atoms with Gasteiger partial charge in [0.1, 0.15) is 5.82 Å². The molecule has 0 amide bonds. The van der Waals surface area contributed by atoms with Crippen molar-refractivity contribution in [2.24, 2.45) is 0 Å². The van der Waals surface area contributed by atoms with Crippen LogP contribution in [0.2, 0.25) is 0 Å². The molecule has 0 aliphatic carbocycles. The Labute approximate surface area is 183 Å². The number of rotatable bonds is 8. The summed E-state index contributed by atoms with van der Waals surface area (Å²) < 4.78 is 26.4. The van der Waals surface area contributed by atoms with Crippen LogP contribution in [-0.2, 0) is 16.0 Å². The fraction of sp³-hybridized carbons (Fsp3) is 0.400. The maximum atomic E-state index is 13.5. The minimum Gasteiger partial charge on any atom is -0.382 e. The van der Waals surface area contributed by atoms with E-state index in [4.69, 9.17) is 14.6 Å². The van der Waals surface area contributed by atoms with Crippen LogP contribution in [0.1, 0.15) is 24.0 Å². The summed E-state index contributed by atoms with van der Waals surface area (Å²) in [7, 11) is 1.70. The van der Waals surface area contributed by atoms with Gasteiger partial charge in [0.15, 0.2) is 0 Å². The smallest absolute Gasteiger partial charge is 0.123 e. The first-order valence-electron chi connectivity index (χ1n) is 10.9. The van der Waals surface area contributed by atoms with Crippen LogP contribution >= 0.6 is 0 Å². The first kappa shape index (κ1) is 21.7. The van der Waals surface area contributed by atoms with Crippen molar-refractivity contribution in [3.05, 3.63) is 71.7 Å². The molecule has 1 saturated heterocycles. The Morgan fingerprint density at radius 2 is 1.71 bits per heavy atom. The number of aryl methyl sites for hydroxylation is 1. The summed E-state index contributed by atoms with van der Waals surface area (Å²) in [5.74, 6) is -0.237. The molecule has 6 heteroatoms. The van der Waals surface area contributed by atoms with Gasteiger partial charge in [0.05, 0.1) is 30.7 Å². The molecule has 164 valence electrons. The van der Waals surface area contributed by atoms with Crippen molar-refractivity contribution in [2.75, 3.05) is 33.4 Å². The lowest BCUT2D eigenvalue weighted by Gasteiger charge is -2.31. The second kappa shape index (κ2) is 10.2. The monoisotopic (exact) mass is 423 g/mol. The molecule has 2 heterocycles. The van der Waals surface area contributed by atoms with Crippen molar-refractivity contribution in [3.8, 4) is 16.9 Å². The topological polar surface area (TPSA) is 39.5 Å². The first-order chi connectivity index (χ1) is 15.1. The fourth-order valence-corrected chi connectivity index (χ4v) is 3.98. The number of hydrogen-bond donors (Lipinski definition) is 0. The minimum absolute atomic E-state index is 0.237. The Morgan fingerprint density at radius 1 is 1.00 bits per heavy atom. The average Bonchev–Trinajstić information content (AvgIpc) is 3.20. The molecule has 31 heavy (non-hydrogen) atoms. The predicted molar refractivity (Wildman–Crippen MR) is 120 cm³/mol.